The Bertz CT molecular complexity index is 546. The van der Waals surface area contributed by atoms with Gasteiger partial charge in [-0.25, -0.2) is 9.97 Å². The molecule has 0 saturated heterocycles. The molecule has 2 aromatic rings. The van der Waals surface area contributed by atoms with Gasteiger partial charge in [-0.1, -0.05) is 0 Å². The maximum atomic E-state index is 11.7. The van der Waals surface area contributed by atoms with Crippen LogP contribution in [-0.4, -0.2) is 21.5 Å². The predicted octanol–water partition coefficient (Wildman–Crippen LogP) is 1.83. The first-order valence-corrected chi connectivity index (χ1v) is 5.06. The number of aromatic nitrogens is 2. The van der Waals surface area contributed by atoms with Crippen LogP contribution in [-0.2, 0) is 0 Å². The molecule has 0 aromatic carbocycles. The number of nitrogens with zero attached hydrogens (tertiary/aromatic N) is 2. The van der Waals surface area contributed by atoms with E-state index in [0.717, 1.165) is 0 Å². The highest BCUT2D eigenvalue weighted by Gasteiger charge is 2.17. The summed E-state index contributed by atoms with van der Waals surface area (Å²) < 4.78 is 5.14. The quantitative estimate of drug-likeness (QED) is 0.591. The first-order valence-electron chi connectivity index (χ1n) is 5.06. The fourth-order valence-corrected chi connectivity index (χ4v) is 1.34. The molecule has 2 heterocycles. The predicted molar refractivity (Wildman–Crippen MR) is 58.8 cm³/mol. The molecule has 0 atom stereocenters. The Balaban J connectivity index is 2.07. The van der Waals surface area contributed by atoms with E-state index in [0.29, 0.717) is 5.76 Å². The molecule has 0 N–H and O–H groups in total. The van der Waals surface area contributed by atoms with Gasteiger partial charge in [0.25, 0.3) is 0 Å². The van der Waals surface area contributed by atoms with Crippen LogP contribution < -0.4 is 0 Å². The number of carbonyl (C=O) groups is 2. The lowest BCUT2D eigenvalue weighted by Gasteiger charge is -1.96. The molecule has 86 valence electrons. The normalized spacial score (nSPS) is 10.2. The molecule has 0 aliphatic rings. The lowest BCUT2D eigenvalue weighted by molar-refractivity contribution is 0.0872. The molecule has 5 heteroatoms. The van der Waals surface area contributed by atoms with Crippen molar-refractivity contribution >= 4 is 11.6 Å². The van der Waals surface area contributed by atoms with Crippen LogP contribution in [0.15, 0.2) is 35.0 Å². The van der Waals surface area contributed by atoms with Gasteiger partial charge in [0.05, 0.1) is 6.42 Å². The summed E-state index contributed by atoms with van der Waals surface area (Å²) >= 11 is 0. The van der Waals surface area contributed by atoms with Gasteiger partial charge in [0, 0.05) is 12.4 Å². The molecule has 0 spiro atoms. The molecule has 17 heavy (non-hydrogen) atoms. The smallest absolute Gasteiger partial charge is 0.207 e. The van der Waals surface area contributed by atoms with Gasteiger partial charge in [-0.15, -0.1) is 0 Å². The van der Waals surface area contributed by atoms with E-state index in [-0.39, 0.29) is 23.8 Å². The van der Waals surface area contributed by atoms with Crippen LogP contribution in [0, 0.1) is 6.92 Å². The van der Waals surface area contributed by atoms with Crippen molar-refractivity contribution in [1.82, 2.24) is 9.97 Å². The first kappa shape index (κ1) is 11.2. The van der Waals surface area contributed by atoms with Gasteiger partial charge < -0.3 is 4.42 Å². The summed E-state index contributed by atoms with van der Waals surface area (Å²) in [6.07, 6.45) is 2.64. The second-order valence-corrected chi connectivity index (χ2v) is 3.51. The van der Waals surface area contributed by atoms with E-state index in [2.05, 4.69) is 9.97 Å². The topological polar surface area (TPSA) is 73.1 Å². The van der Waals surface area contributed by atoms with E-state index < -0.39 is 5.78 Å². The van der Waals surface area contributed by atoms with Crippen LogP contribution in [0.5, 0.6) is 0 Å². The van der Waals surface area contributed by atoms with Gasteiger partial charge in [0.15, 0.2) is 11.6 Å². The zero-order valence-corrected chi connectivity index (χ0v) is 9.21. The highest BCUT2D eigenvalue weighted by Crippen LogP contribution is 2.10. The fourth-order valence-electron chi connectivity index (χ4n) is 1.34. The monoisotopic (exact) mass is 230 g/mol. The van der Waals surface area contributed by atoms with Crippen LogP contribution in [0.4, 0.5) is 0 Å². The maximum absolute atomic E-state index is 11.7. The Kier molecular flexibility index (Phi) is 3.09. The minimum Gasteiger partial charge on any atom is -0.458 e. The number of aryl methyl sites for hydroxylation is 1. The summed E-state index contributed by atoms with van der Waals surface area (Å²) in [5.41, 5.74) is 0. The van der Waals surface area contributed by atoms with Crippen LogP contribution in [0.2, 0.25) is 0 Å². The van der Waals surface area contributed by atoms with Crippen molar-refractivity contribution in [1.29, 1.82) is 0 Å². The average molecular weight is 230 g/mol. The van der Waals surface area contributed by atoms with Crippen molar-refractivity contribution < 1.29 is 14.0 Å². The zero-order valence-electron chi connectivity index (χ0n) is 9.21. The van der Waals surface area contributed by atoms with E-state index in [9.17, 15) is 9.59 Å². The minimum atomic E-state index is -0.412. The van der Waals surface area contributed by atoms with Crippen molar-refractivity contribution in [2.45, 2.75) is 13.3 Å². The third-order valence-electron chi connectivity index (χ3n) is 2.15. The number of rotatable bonds is 4. The number of Topliss-reactive ketones (excluding diaryl/α,β-unsaturated/α-hetero) is 2. The van der Waals surface area contributed by atoms with Gasteiger partial charge in [-0.05, 0) is 25.1 Å². The summed E-state index contributed by atoms with van der Waals surface area (Å²) in [7, 11) is 0. The highest BCUT2D eigenvalue weighted by molar-refractivity contribution is 6.11. The molecule has 0 amide bonds. The molecule has 2 aromatic heterocycles. The Morgan fingerprint density at radius 3 is 2.47 bits per heavy atom. The third kappa shape index (κ3) is 2.63. The van der Waals surface area contributed by atoms with E-state index in [1.807, 2.05) is 0 Å². The van der Waals surface area contributed by atoms with E-state index in [1.54, 1.807) is 25.1 Å². The first-order chi connectivity index (χ1) is 8.16. The standard InChI is InChI=1S/C12H10N2O3/c1-8-3-4-11(17-8)9(15)7-10(16)12-13-5-2-6-14-12/h2-6H,7H2,1H3. The molecule has 0 radical (unpaired) electrons. The summed E-state index contributed by atoms with van der Waals surface area (Å²) in [5, 5.41) is 0. The van der Waals surface area contributed by atoms with Crippen LogP contribution in [0.1, 0.15) is 33.4 Å². The Morgan fingerprint density at radius 2 is 1.88 bits per heavy atom. The third-order valence-corrected chi connectivity index (χ3v) is 2.15. The van der Waals surface area contributed by atoms with Gasteiger partial charge >= 0.3 is 0 Å². The molecule has 0 aliphatic heterocycles. The summed E-state index contributed by atoms with van der Waals surface area (Å²) in [4.78, 5) is 30.9. The highest BCUT2D eigenvalue weighted by atomic mass is 16.3. The van der Waals surface area contributed by atoms with Crippen molar-refractivity contribution in [2.24, 2.45) is 0 Å². The lowest BCUT2D eigenvalue weighted by Crippen LogP contribution is -2.10. The van der Waals surface area contributed by atoms with Crippen molar-refractivity contribution in [2.75, 3.05) is 0 Å². The van der Waals surface area contributed by atoms with E-state index >= 15 is 0 Å². The molecule has 0 saturated carbocycles. The molecule has 0 fully saturated rings. The number of hydrogen-bond acceptors (Lipinski definition) is 5. The zero-order chi connectivity index (χ0) is 12.3. The Labute approximate surface area is 97.5 Å². The number of carbonyl (C=O) groups excluding carboxylic acids is 2. The molecule has 0 aliphatic carbocycles. The van der Waals surface area contributed by atoms with Crippen LogP contribution in [0.25, 0.3) is 0 Å². The van der Waals surface area contributed by atoms with Gasteiger partial charge in [-0.3, -0.25) is 9.59 Å². The summed E-state index contributed by atoms with van der Waals surface area (Å²) in [5.74, 6) is 0.0906. The Hall–Kier alpha value is -2.30. The Morgan fingerprint density at radius 1 is 1.18 bits per heavy atom. The van der Waals surface area contributed by atoms with Crippen LogP contribution in [0.3, 0.4) is 0 Å². The van der Waals surface area contributed by atoms with Gasteiger partial charge in [-0.2, -0.15) is 0 Å². The van der Waals surface area contributed by atoms with E-state index in [1.165, 1.54) is 12.4 Å². The SMILES string of the molecule is Cc1ccc(C(=O)CC(=O)c2ncccn2)o1. The maximum Gasteiger partial charge on any atom is 0.207 e. The largest absolute Gasteiger partial charge is 0.458 e. The fraction of sp³-hybridized carbons (Fsp3) is 0.167. The number of ketones is 2. The molecule has 2 rings (SSSR count). The molecular formula is C12H10N2O3. The molecular weight excluding hydrogens is 220 g/mol. The molecule has 0 unspecified atom stereocenters. The lowest BCUT2D eigenvalue weighted by atomic mass is 10.1. The average Bonchev–Trinajstić information content (AvgIpc) is 2.77. The summed E-state index contributed by atoms with van der Waals surface area (Å²) in [6, 6.07) is 4.84. The van der Waals surface area contributed by atoms with Gasteiger partial charge in [0.1, 0.15) is 5.76 Å². The summed E-state index contributed by atoms with van der Waals surface area (Å²) in [6.45, 7) is 1.74. The molecule has 0 bridgehead atoms. The van der Waals surface area contributed by atoms with E-state index in [4.69, 9.17) is 4.42 Å². The van der Waals surface area contributed by atoms with Gasteiger partial charge in [0.2, 0.25) is 11.6 Å². The van der Waals surface area contributed by atoms with Crippen LogP contribution >= 0.6 is 0 Å². The second-order valence-electron chi connectivity index (χ2n) is 3.51. The van der Waals surface area contributed by atoms with Crippen molar-refractivity contribution in [3.05, 3.63) is 47.9 Å². The number of hydrogen-bond donors (Lipinski definition) is 0. The van der Waals surface area contributed by atoms with Crippen molar-refractivity contribution in [3.63, 3.8) is 0 Å². The molecule has 5 nitrogen and oxygen atoms in total. The number of furan rings is 1. The minimum absolute atomic E-state index is 0.0455. The second kappa shape index (κ2) is 4.69. The van der Waals surface area contributed by atoms with Crippen molar-refractivity contribution in [3.8, 4) is 0 Å².